The van der Waals surface area contributed by atoms with E-state index in [1.165, 1.54) is 0 Å². The lowest BCUT2D eigenvalue weighted by Gasteiger charge is -2.09. The minimum atomic E-state index is -0.832. The molecule has 0 radical (unpaired) electrons. The van der Waals surface area contributed by atoms with Crippen LogP contribution in [0.3, 0.4) is 0 Å². The smallest absolute Gasteiger partial charge is 0.319 e. The van der Waals surface area contributed by atoms with E-state index in [1.807, 2.05) is 12.1 Å². The Morgan fingerprint density at radius 1 is 1.14 bits per heavy atom. The third-order valence-corrected chi connectivity index (χ3v) is 3.18. The Hall–Kier alpha value is -2.15. The largest absolute Gasteiger partial charge is 0.492 e. The first kappa shape index (κ1) is 16.2. The van der Waals surface area contributed by atoms with Crippen molar-refractivity contribution in [3.63, 3.8) is 0 Å². The Kier molecular flexibility index (Phi) is 5.71. The zero-order chi connectivity index (χ0) is 15.9. The third-order valence-electron chi connectivity index (χ3n) is 2.65. The molecule has 2 N–H and O–H groups in total. The number of halogens is 3. The molecule has 22 heavy (non-hydrogen) atoms. The molecular formula is C15H13BrF2N2O2. The van der Waals surface area contributed by atoms with Crippen LogP contribution in [0.25, 0.3) is 0 Å². The number of ether oxygens (including phenoxy) is 1. The van der Waals surface area contributed by atoms with Crippen molar-refractivity contribution in [2.45, 2.75) is 0 Å². The molecule has 0 spiro atoms. The molecule has 0 aliphatic rings. The van der Waals surface area contributed by atoms with Gasteiger partial charge < -0.3 is 15.4 Å². The van der Waals surface area contributed by atoms with Crippen molar-refractivity contribution >= 4 is 27.6 Å². The van der Waals surface area contributed by atoms with Gasteiger partial charge in [-0.3, -0.25) is 0 Å². The van der Waals surface area contributed by atoms with E-state index in [1.54, 1.807) is 12.1 Å². The summed E-state index contributed by atoms with van der Waals surface area (Å²) in [5.74, 6) is -0.859. The molecule has 0 unspecified atom stereocenters. The Balaban J connectivity index is 1.72. The molecule has 116 valence electrons. The number of benzene rings is 2. The average Bonchev–Trinajstić information content (AvgIpc) is 2.48. The molecule has 0 bridgehead atoms. The molecule has 0 saturated heterocycles. The molecule has 0 aliphatic heterocycles. The summed E-state index contributed by atoms with van der Waals surface area (Å²) in [5, 5.41) is 4.80. The van der Waals surface area contributed by atoms with Gasteiger partial charge in [0.05, 0.1) is 12.2 Å². The van der Waals surface area contributed by atoms with Gasteiger partial charge in [-0.2, -0.15) is 0 Å². The summed E-state index contributed by atoms with van der Waals surface area (Å²) >= 11 is 3.31. The first-order chi connectivity index (χ1) is 10.5. The fraction of sp³-hybridized carbons (Fsp3) is 0.133. The van der Waals surface area contributed by atoms with Crippen LogP contribution in [0.1, 0.15) is 0 Å². The van der Waals surface area contributed by atoms with Crippen LogP contribution in [0.4, 0.5) is 19.3 Å². The number of anilines is 1. The molecule has 0 aliphatic carbocycles. The average molecular weight is 371 g/mol. The number of hydrogen-bond acceptors (Lipinski definition) is 2. The monoisotopic (exact) mass is 370 g/mol. The highest BCUT2D eigenvalue weighted by Gasteiger charge is 2.07. The number of amides is 2. The molecule has 0 aromatic heterocycles. The number of carbonyl (C=O) groups is 1. The van der Waals surface area contributed by atoms with Crippen molar-refractivity contribution in [1.82, 2.24) is 5.32 Å². The molecule has 2 amide bonds. The van der Waals surface area contributed by atoms with Gasteiger partial charge in [-0.05, 0) is 36.4 Å². The number of urea groups is 1. The standard InChI is InChI=1S/C15H13BrF2N2O2/c16-10-1-4-12(5-2-10)22-8-7-19-15(21)20-14-6-3-11(17)9-13(14)18/h1-6,9H,7-8H2,(H2,19,20,21). The summed E-state index contributed by atoms with van der Waals surface area (Å²) in [7, 11) is 0. The van der Waals surface area contributed by atoms with Crippen LogP contribution in [-0.4, -0.2) is 19.2 Å². The normalized spacial score (nSPS) is 10.1. The zero-order valence-electron chi connectivity index (χ0n) is 11.4. The number of rotatable bonds is 5. The van der Waals surface area contributed by atoms with Crippen molar-refractivity contribution in [2.75, 3.05) is 18.5 Å². The lowest BCUT2D eigenvalue weighted by molar-refractivity contribution is 0.247. The first-order valence-corrected chi connectivity index (χ1v) is 7.22. The molecule has 2 aromatic rings. The van der Waals surface area contributed by atoms with E-state index < -0.39 is 17.7 Å². The Morgan fingerprint density at radius 3 is 2.55 bits per heavy atom. The van der Waals surface area contributed by atoms with Crippen LogP contribution in [0, 0.1) is 11.6 Å². The van der Waals surface area contributed by atoms with E-state index in [9.17, 15) is 13.6 Å². The summed E-state index contributed by atoms with van der Waals surface area (Å²) in [6.45, 7) is 0.506. The fourth-order valence-corrected chi connectivity index (χ4v) is 1.89. The molecule has 0 fully saturated rings. The van der Waals surface area contributed by atoms with Gasteiger partial charge in [0.2, 0.25) is 0 Å². The fourth-order valence-electron chi connectivity index (χ4n) is 1.62. The van der Waals surface area contributed by atoms with Gasteiger partial charge in [-0.15, -0.1) is 0 Å². The quantitative estimate of drug-likeness (QED) is 0.783. The summed E-state index contributed by atoms with van der Waals surface area (Å²) in [6.07, 6.45) is 0. The van der Waals surface area contributed by atoms with Crippen molar-refractivity contribution in [2.24, 2.45) is 0 Å². The van der Waals surface area contributed by atoms with Crippen molar-refractivity contribution in [3.8, 4) is 5.75 Å². The number of carbonyl (C=O) groups excluding carboxylic acids is 1. The third kappa shape index (κ3) is 5.00. The second-order valence-corrected chi connectivity index (χ2v) is 5.22. The topological polar surface area (TPSA) is 50.4 Å². The highest BCUT2D eigenvalue weighted by atomic mass is 79.9. The zero-order valence-corrected chi connectivity index (χ0v) is 13.0. The van der Waals surface area contributed by atoms with E-state index in [4.69, 9.17) is 4.74 Å². The Labute approximate surface area is 134 Å². The van der Waals surface area contributed by atoms with Crippen molar-refractivity contribution in [3.05, 3.63) is 58.6 Å². The van der Waals surface area contributed by atoms with Crippen molar-refractivity contribution in [1.29, 1.82) is 0 Å². The van der Waals surface area contributed by atoms with Gasteiger partial charge in [-0.25, -0.2) is 13.6 Å². The van der Waals surface area contributed by atoms with E-state index in [-0.39, 0.29) is 18.8 Å². The second kappa shape index (κ2) is 7.74. The maximum Gasteiger partial charge on any atom is 0.319 e. The van der Waals surface area contributed by atoms with Gasteiger partial charge in [0.15, 0.2) is 0 Å². The molecule has 0 saturated carbocycles. The summed E-state index contributed by atoms with van der Waals surface area (Å²) in [5.41, 5.74) is -0.0901. The molecule has 7 heteroatoms. The van der Waals surface area contributed by atoms with Gasteiger partial charge in [0.25, 0.3) is 0 Å². The maximum absolute atomic E-state index is 13.3. The SMILES string of the molecule is O=C(NCCOc1ccc(Br)cc1)Nc1ccc(F)cc1F. The summed E-state index contributed by atoms with van der Waals surface area (Å²) in [6, 6.07) is 9.59. The van der Waals surface area contributed by atoms with Gasteiger partial charge in [0.1, 0.15) is 24.0 Å². The molecule has 2 aromatic carbocycles. The van der Waals surface area contributed by atoms with E-state index in [0.29, 0.717) is 11.8 Å². The lowest BCUT2D eigenvalue weighted by atomic mass is 10.3. The van der Waals surface area contributed by atoms with E-state index in [0.717, 1.165) is 16.6 Å². The van der Waals surface area contributed by atoms with Crippen LogP contribution in [0.5, 0.6) is 5.75 Å². The molecular weight excluding hydrogens is 358 g/mol. The second-order valence-electron chi connectivity index (χ2n) is 4.31. The predicted molar refractivity (Wildman–Crippen MR) is 83.0 cm³/mol. The number of hydrogen-bond donors (Lipinski definition) is 2. The highest BCUT2D eigenvalue weighted by Crippen LogP contribution is 2.16. The predicted octanol–water partition coefficient (Wildman–Crippen LogP) is 3.93. The van der Waals surface area contributed by atoms with Crippen LogP contribution >= 0.6 is 15.9 Å². The summed E-state index contributed by atoms with van der Waals surface area (Å²) < 4.78 is 32.4. The van der Waals surface area contributed by atoms with Gasteiger partial charge in [0, 0.05) is 10.5 Å². The minimum Gasteiger partial charge on any atom is -0.492 e. The minimum absolute atomic E-state index is 0.0901. The first-order valence-electron chi connectivity index (χ1n) is 6.43. The highest BCUT2D eigenvalue weighted by molar-refractivity contribution is 9.10. The van der Waals surface area contributed by atoms with Gasteiger partial charge in [-0.1, -0.05) is 15.9 Å². The van der Waals surface area contributed by atoms with Gasteiger partial charge >= 0.3 is 6.03 Å². The number of nitrogens with one attached hydrogen (secondary N) is 2. The Bertz CT molecular complexity index is 650. The van der Waals surface area contributed by atoms with Crippen LogP contribution < -0.4 is 15.4 Å². The van der Waals surface area contributed by atoms with E-state index >= 15 is 0 Å². The lowest BCUT2D eigenvalue weighted by Crippen LogP contribution is -2.32. The maximum atomic E-state index is 13.3. The molecule has 4 nitrogen and oxygen atoms in total. The molecule has 0 atom stereocenters. The van der Waals surface area contributed by atoms with E-state index in [2.05, 4.69) is 26.6 Å². The molecule has 0 heterocycles. The molecule has 2 rings (SSSR count). The van der Waals surface area contributed by atoms with Crippen LogP contribution in [-0.2, 0) is 0 Å². The van der Waals surface area contributed by atoms with Crippen molar-refractivity contribution < 1.29 is 18.3 Å². The van der Waals surface area contributed by atoms with Crippen LogP contribution in [0.2, 0.25) is 0 Å². The van der Waals surface area contributed by atoms with Crippen LogP contribution in [0.15, 0.2) is 46.9 Å². The Morgan fingerprint density at radius 2 is 1.86 bits per heavy atom. The summed E-state index contributed by atoms with van der Waals surface area (Å²) in [4.78, 5) is 11.6.